The Morgan fingerprint density at radius 1 is 0.871 bits per heavy atom. The molecule has 0 unspecified atom stereocenters. The number of benzene rings is 2. The van der Waals surface area contributed by atoms with Gasteiger partial charge >= 0.3 is 0 Å². The number of phenolic OH excluding ortho intramolecular Hbond substituents is 1. The van der Waals surface area contributed by atoms with Crippen molar-refractivity contribution in [3.05, 3.63) is 121 Å². The number of pyridine rings is 1. The van der Waals surface area contributed by atoms with Crippen molar-refractivity contribution in [3.8, 4) is 11.5 Å². The van der Waals surface area contributed by atoms with Crippen molar-refractivity contribution >= 4 is 12.2 Å². The molecule has 0 spiro atoms. The topological polar surface area (TPSA) is 108 Å². The van der Waals surface area contributed by atoms with Gasteiger partial charge in [0.05, 0.1) is 11.9 Å². The molecule has 0 amide bonds. The molecule has 7 heteroatoms. The number of nitrogens with zero attached hydrogens (tertiary/aromatic N) is 1. The summed E-state index contributed by atoms with van der Waals surface area (Å²) in [7, 11) is 0. The zero-order valence-corrected chi connectivity index (χ0v) is 16.4. The van der Waals surface area contributed by atoms with Crippen LogP contribution in [-0.4, -0.2) is 20.1 Å². The van der Waals surface area contributed by atoms with Gasteiger partial charge in [0.15, 0.2) is 0 Å². The molecular weight excluding hydrogens is 394 g/mol. The Balaban J connectivity index is 1.57. The lowest BCUT2D eigenvalue weighted by Gasteiger charge is -2.05. The third-order valence-corrected chi connectivity index (χ3v) is 4.47. The SMILES string of the molecule is O=c1[nH]/c(=C/c2ccc(OCc3ccccc3)cn2)c(=O)[nH]/c1=C/c1cccc(O)c1. The Bertz CT molecular complexity index is 1420. The van der Waals surface area contributed by atoms with Crippen molar-refractivity contribution in [2.75, 3.05) is 0 Å². The molecule has 2 heterocycles. The van der Waals surface area contributed by atoms with Gasteiger partial charge in [0, 0.05) is 0 Å². The predicted molar refractivity (Wildman–Crippen MR) is 117 cm³/mol. The standard InChI is InChI=1S/C24H19N3O4/c28-19-8-4-7-17(11-19)12-21-23(29)27-22(24(30)26-21)13-18-9-10-20(14-25-18)31-15-16-5-2-1-3-6-16/h1-14,28H,15H2,(H,26,30)(H,27,29)/b21-12+,22-13+. The number of ether oxygens (including phenoxy) is 1. The van der Waals surface area contributed by atoms with E-state index in [4.69, 9.17) is 4.74 Å². The second-order valence-corrected chi connectivity index (χ2v) is 6.81. The second kappa shape index (κ2) is 8.96. The summed E-state index contributed by atoms with van der Waals surface area (Å²) in [4.78, 5) is 34.2. The first-order valence-corrected chi connectivity index (χ1v) is 9.55. The van der Waals surface area contributed by atoms with Gasteiger partial charge in [-0.05, 0) is 47.5 Å². The van der Waals surface area contributed by atoms with Gasteiger partial charge in [-0.1, -0.05) is 42.5 Å². The van der Waals surface area contributed by atoms with Crippen LogP contribution < -0.4 is 26.6 Å². The fourth-order valence-electron chi connectivity index (χ4n) is 2.93. The van der Waals surface area contributed by atoms with Gasteiger partial charge < -0.3 is 19.8 Å². The van der Waals surface area contributed by atoms with Crippen LogP contribution in [-0.2, 0) is 6.61 Å². The van der Waals surface area contributed by atoms with Gasteiger partial charge in [-0.25, -0.2) is 0 Å². The van der Waals surface area contributed by atoms with Crippen LogP contribution in [0.5, 0.6) is 11.5 Å². The minimum absolute atomic E-state index is 0.0692. The third-order valence-electron chi connectivity index (χ3n) is 4.47. The van der Waals surface area contributed by atoms with Gasteiger partial charge in [0.25, 0.3) is 11.1 Å². The number of rotatable bonds is 5. The summed E-state index contributed by atoms with van der Waals surface area (Å²) in [6.45, 7) is 0.426. The zero-order valence-electron chi connectivity index (χ0n) is 16.4. The number of H-pyrrole nitrogens is 2. The Labute approximate surface area is 176 Å². The summed E-state index contributed by atoms with van der Waals surface area (Å²) in [5, 5.41) is 9.71. The normalized spacial score (nSPS) is 12.1. The molecule has 0 bridgehead atoms. The van der Waals surface area contributed by atoms with Gasteiger partial charge in [-0.2, -0.15) is 0 Å². The molecule has 0 fully saturated rings. The van der Waals surface area contributed by atoms with Crippen molar-refractivity contribution in [2.45, 2.75) is 6.61 Å². The van der Waals surface area contributed by atoms with Gasteiger partial charge in [-0.3, -0.25) is 14.6 Å². The van der Waals surface area contributed by atoms with E-state index in [1.54, 1.807) is 30.5 Å². The molecule has 154 valence electrons. The minimum Gasteiger partial charge on any atom is -0.508 e. The third kappa shape index (κ3) is 5.16. The number of phenols is 1. The van der Waals surface area contributed by atoms with E-state index in [0.29, 0.717) is 23.6 Å². The maximum absolute atomic E-state index is 12.4. The molecule has 0 aliphatic rings. The second-order valence-electron chi connectivity index (χ2n) is 6.81. The summed E-state index contributed by atoms with van der Waals surface area (Å²) < 4.78 is 5.70. The maximum atomic E-state index is 12.4. The van der Waals surface area contributed by atoms with Crippen molar-refractivity contribution in [2.24, 2.45) is 0 Å². The quantitative estimate of drug-likeness (QED) is 0.458. The highest BCUT2D eigenvalue weighted by Crippen LogP contribution is 2.12. The molecule has 0 radical (unpaired) electrons. The first-order valence-electron chi connectivity index (χ1n) is 9.55. The van der Waals surface area contributed by atoms with Crippen LogP contribution in [0, 0.1) is 0 Å². The molecule has 4 aromatic rings. The molecule has 0 aliphatic heterocycles. The Morgan fingerprint density at radius 2 is 1.61 bits per heavy atom. The Hall–Kier alpha value is -4.39. The Morgan fingerprint density at radius 3 is 2.29 bits per heavy atom. The first kappa shape index (κ1) is 19.9. The molecule has 2 aromatic carbocycles. The van der Waals surface area contributed by atoms with E-state index < -0.39 is 11.1 Å². The van der Waals surface area contributed by atoms with E-state index in [9.17, 15) is 14.7 Å². The molecule has 2 aromatic heterocycles. The molecule has 4 rings (SSSR count). The predicted octanol–water partition coefficient (Wildman–Crippen LogP) is 1.40. The van der Waals surface area contributed by atoms with Crippen molar-refractivity contribution < 1.29 is 9.84 Å². The molecule has 3 N–H and O–H groups in total. The van der Waals surface area contributed by atoms with Crippen molar-refractivity contribution in [1.29, 1.82) is 0 Å². The number of nitrogens with one attached hydrogen (secondary N) is 2. The smallest absolute Gasteiger partial charge is 0.272 e. The number of aromatic nitrogens is 3. The minimum atomic E-state index is -0.461. The lowest BCUT2D eigenvalue weighted by molar-refractivity contribution is 0.305. The van der Waals surface area contributed by atoms with Crippen LogP contribution in [0.1, 0.15) is 16.8 Å². The van der Waals surface area contributed by atoms with Crippen LogP contribution in [0.3, 0.4) is 0 Å². The van der Waals surface area contributed by atoms with E-state index in [0.717, 1.165) is 5.56 Å². The van der Waals surface area contributed by atoms with Gasteiger partial charge in [0.2, 0.25) is 0 Å². The molecule has 31 heavy (non-hydrogen) atoms. The summed E-state index contributed by atoms with van der Waals surface area (Å²) in [5.41, 5.74) is 1.21. The largest absolute Gasteiger partial charge is 0.508 e. The van der Waals surface area contributed by atoms with Crippen LogP contribution in [0.2, 0.25) is 0 Å². The lowest BCUT2D eigenvalue weighted by Crippen LogP contribution is -2.46. The van der Waals surface area contributed by atoms with E-state index in [2.05, 4.69) is 15.0 Å². The number of aromatic amines is 2. The van der Waals surface area contributed by atoms with Crippen LogP contribution >= 0.6 is 0 Å². The van der Waals surface area contributed by atoms with E-state index in [1.165, 1.54) is 24.3 Å². The average Bonchev–Trinajstić information content (AvgIpc) is 2.77. The highest BCUT2D eigenvalue weighted by molar-refractivity contribution is 5.50. The van der Waals surface area contributed by atoms with E-state index >= 15 is 0 Å². The Kier molecular flexibility index (Phi) is 5.75. The average molecular weight is 413 g/mol. The molecular formula is C24H19N3O4. The molecule has 0 aliphatic carbocycles. The van der Waals surface area contributed by atoms with E-state index in [-0.39, 0.29) is 16.4 Å². The van der Waals surface area contributed by atoms with Gasteiger partial charge in [-0.15, -0.1) is 0 Å². The number of aromatic hydroxyl groups is 1. The molecule has 7 nitrogen and oxygen atoms in total. The van der Waals surface area contributed by atoms with Crippen LogP contribution in [0.15, 0.2) is 82.5 Å². The fourth-order valence-corrected chi connectivity index (χ4v) is 2.93. The summed E-state index contributed by atoms with van der Waals surface area (Å²) >= 11 is 0. The van der Waals surface area contributed by atoms with Crippen molar-refractivity contribution in [3.63, 3.8) is 0 Å². The monoisotopic (exact) mass is 413 g/mol. The van der Waals surface area contributed by atoms with Crippen LogP contribution in [0.4, 0.5) is 0 Å². The number of hydrogen-bond acceptors (Lipinski definition) is 5. The van der Waals surface area contributed by atoms with Gasteiger partial charge in [0.1, 0.15) is 28.8 Å². The summed E-state index contributed by atoms with van der Waals surface area (Å²) in [6, 6.07) is 19.6. The first-order chi connectivity index (χ1) is 15.1. The van der Waals surface area contributed by atoms with E-state index in [1.807, 2.05) is 30.3 Å². The lowest BCUT2D eigenvalue weighted by atomic mass is 10.2. The highest BCUT2D eigenvalue weighted by Gasteiger charge is 2.00. The summed E-state index contributed by atoms with van der Waals surface area (Å²) in [6.07, 6.45) is 4.53. The summed E-state index contributed by atoms with van der Waals surface area (Å²) in [5.74, 6) is 0.666. The van der Waals surface area contributed by atoms with Crippen molar-refractivity contribution in [1.82, 2.24) is 15.0 Å². The molecule has 0 saturated carbocycles. The zero-order chi connectivity index (χ0) is 21.6. The maximum Gasteiger partial charge on any atom is 0.272 e. The highest BCUT2D eigenvalue weighted by atomic mass is 16.5. The van der Waals surface area contributed by atoms with Crippen LogP contribution in [0.25, 0.3) is 12.2 Å². The fraction of sp³-hybridized carbons (Fsp3) is 0.0417. The number of hydrogen-bond donors (Lipinski definition) is 3. The molecule has 0 saturated heterocycles. The molecule has 0 atom stereocenters.